The van der Waals surface area contributed by atoms with Crippen LogP contribution in [0.1, 0.15) is 17.3 Å². The summed E-state index contributed by atoms with van der Waals surface area (Å²) in [4.78, 5) is 27.8. The predicted molar refractivity (Wildman–Crippen MR) is 99.8 cm³/mol. The Kier molecular flexibility index (Phi) is 5.14. The number of nitrogens with one attached hydrogen (secondary N) is 2. The number of methoxy groups -OCH3 is 1. The Morgan fingerprint density at radius 2 is 1.96 bits per heavy atom. The number of aromatic amines is 1. The van der Waals surface area contributed by atoms with Crippen molar-refractivity contribution in [2.75, 3.05) is 12.4 Å². The van der Waals surface area contributed by atoms with Gasteiger partial charge in [0.25, 0.3) is 5.91 Å². The first kappa shape index (κ1) is 17.8. The molecule has 7 heteroatoms. The molecule has 0 unspecified atom stereocenters. The number of ether oxygens (including phenoxy) is 2. The van der Waals surface area contributed by atoms with Gasteiger partial charge in [-0.1, -0.05) is 29.8 Å². The summed E-state index contributed by atoms with van der Waals surface area (Å²) in [5.41, 5.74) is 1.60. The topological polar surface area (TPSA) is 80.4 Å². The second kappa shape index (κ2) is 7.49. The normalized spacial score (nSPS) is 11.8. The Balaban J connectivity index is 1.71. The highest BCUT2D eigenvalue weighted by atomic mass is 35.5. The number of aromatic nitrogens is 1. The van der Waals surface area contributed by atoms with E-state index in [1.807, 2.05) is 24.3 Å². The van der Waals surface area contributed by atoms with Crippen molar-refractivity contribution in [3.63, 3.8) is 0 Å². The van der Waals surface area contributed by atoms with Crippen molar-refractivity contribution in [2.24, 2.45) is 0 Å². The molecule has 0 aliphatic heterocycles. The lowest BCUT2D eigenvalue weighted by Crippen LogP contribution is -2.30. The molecule has 0 aliphatic carbocycles. The molecule has 1 heterocycles. The molecule has 134 valence electrons. The minimum Gasteiger partial charge on any atom is -0.495 e. The van der Waals surface area contributed by atoms with Gasteiger partial charge in [-0.15, -0.1) is 0 Å². The van der Waals surface area contributed by atoms with Gasteiger partial charge in [0.1, 0.15) is 5.75 Å². The summed E-state index contributed by atoms with van der Waals surface area (Å²) in [5.74, 6) is -0.611. The maximum Gasteiger partial charge on any atom is 0.341 e. The van der Waals surface area contributed by atoms with E-state index in [9.17, 15) is 9.59 Å². The number of para-hydroxylation sites is 1. The Morgan fingerprint density at radius 3 is 2.73 bits per heavy atom. The summed E-state index contributed by atoms with van der Waals surface area (Å²) in [5, 5.41) is 3.84. The highest BCUT2D eigenvalue weighted by molar-refractivity contribution is 6.31. The number of carbonyl (C=O) groups excluding carboxylic acids is 2. The van der Waals surface area contributed by atoms with Gasteiger partial charge in [-0.2, -0.15) is 0 Å². The monoisotopic (exact) mass is 372 g/mol. The van der Waals surface area contributed by atoms with Gasteiger partial charge in [0, 0.05) is 22.1 Å². The zero-order valence-corrected chi connectivity index (χ0v) is 15.0. The van der Waals surface area contributed by atoms with Crippen LogP contribution in [0.4, 0.5) is 5.69 Å². The van der Waals surface area contributed by atoms with Crippen LogP contribution < -0.4 is 10.1 Å². The van der Waals surface area contributed by atoms with Crippen LogP contribution in [0.5, 0.6) is 5.75 Å². The highest BCUT2D eigenvalue weighted by Gasteiger charge is 2.22. The summed E-state index contributed by atoms with van der Waals surface area (Å²) < 4.78 is 10.5. The number of amides is 1. The molecule has 6 nitrogen and oxygen atoms in total. The molecule has 3 rings (SSSR count). The van der Waals surface area contributed by atoms with Gasteiger partial charge in [-0.25, -0.2) is 4.79 Å². The van der Waals surface area contributed by atoms with E-state index >= 15 is 0 Å². The van der Waals surface area contributed by atoms with Gasteiger partial charge >= 0.3 is 5.97 Å². The summed E-state index contributed by atoms with van der Waals surface area (Å²) in [7, 11) is 1.49. The molecule has 0 bridgehead atoms. The van der Waals surface area contributed by atoms with Gasteiger partial charge < -0.3 is 19.8 Å². The van der Waals surface area contributed by atoms with Gasteiger partial charge in [0.2, 0.25) is 0 Å². The van der Waals surface area contributed by atoms with Crippen LogP contribution in [-0.4, -0.2) is 30.1 Å². The maximum atomic E-state index is 12.4. The Bertz CT molecular complexity index is 967. The third-order valence-electron chi connectivity index (χ3n) is 3.88. The number of halogens is 1. The highest BCUT2D eigenvalue weighted by Crippen LogP contribution is 2.28. The van der Waals surface area contributed by atoms with Crippen molar-refractivity contribution in [1.82, 2.24) is 4.98 Å². The van der Waals surface area contributed by atoms with E-state index in [0.717, 1.165) is 10.9 Å². The van der Waals surface area contributed by atoms with E-state index < -0.39 is 18.0 Å². The molecule has 0 fully saturated rings. The maximum absolute atomic E-state index is 12.4. The smallest absolute Gasteiger partial charge is 0.341 e. The van der Waals surface area contributed by atoms with E-state index in [4.69, 9.17) is 21.1 Å². The minimum atomic E-state index is -1.00. The first-order valence-corrected chi connectivity index (χ1v) is 8.29. The van der Waals surface area contributed by atoms with E-state index in [1.165, 1.54) is 14.0 Å². The molecule has 3 aromatic rings. The van der Waals surface area contributed by atoms with Gasteiger partial charge in [-0.3, -0.25) is 4.79 Å². The van der Waals surface area contributed by atoms with E-state index in [2.05, 4.69) is 10.3 Å². The van der Waals surface area contributed by atoms with Crippen LogP contribution in [0.15, 0.2) is 48.7 Å². The van der Waals surface area contributed by atoms with Crippen molar-refractivity contribution >= 4 is 40.1 Å². The molecule has 1 atom stereocenters. The lowest BCUT2D eigenvalue weighted by molar-refractivity contribution is -0.123. The van der Waals surface area contributed by atoms with Crippen molar-refractivity contribution in [3.8, 4) is 5.75 Å². The number of anilines is 1. The van der Waals surface area contributed by atoms with Crippen LogP contribution in [0.3, 0.4) is 0 Å². The predicted octanol–water partition coefficient (Wildman–Crippen LogP) is 4.01. The number of H-pyrrole nitrogens is 1. The summed E-state index contributed by atoms with van der Waals surface area (Å²) >= 11 is 5.95. The fourth-order valence-electron chi connectivity index (χ4n) is 2.53. The Labute approximate surface area is 155 Å². The molecule has 0 spiro atoms. The third-order valence-corrected chi connectivity index (χ3v) is 4.12. The largest absolute Gasteiger partial charge is 0.495 e. The SMILES string of the molecule is COc1ccc(Cl)cc1NC(=O)[C@@H](C)OC(=O)c1c[nH]c2ccccc12. The first-order valence-electron chi connectivity index (χ1n) is 7.91. The number of esters is 1. The third kappa shape index (κ3) is 3.65. The second-order valence-electron chi connectivity index (χ2n) is 5.63. The molecule has 2 N–H and O–H groups in total. The van der Waals surface area contributed by atoms with E-state index in [1.54, 1.807) is 24.4 Å². The van der Waals surface area contributed by atoms with Crippen LogP contribution in [0.2, 0.25) is 5.02 Å². The van der Waals surface area contributed by atoms with Crippen LogP contribution in [0.25, 0.3) is 10.9 Å². The zero-order valence-electron chi connectivity index (χ0n) is 14.2. The molecule has 0 saturated carbocycles. The minimum absolute atomic E-state index is 0.376. The van der Waals surface area contributed by atoms with Crippen molar-refractivity contribution in [3.05, 3.63) is 59.2 Å². The molecule has 1 aromatic heterocycles. The Hall–Kier alpha value is -2.99. The molecule has 0 saturated heterocycles. The second-order valence-corrected chi connectivity index (χ2v) is 6.07. The van der Waals surface area contributed by atoms with E-state index in [-0.39, 0.29) is 0 Å². The molecule has 1 amide bonds. The van der Waals surface area contributed by atoms with Crippen LogP contribution in [-0.2, 0) is 9.53 Å². The number of carbonyl (C=O) groups is 2. The lowest BCUT2D eigenvalue weighted by atomic mass is 10.2. The number of fused-ring (bicyclic) bond motifs is 1. The number of hydrogen-bond donors (Lipinski definition) is 2. The van der Waals surface area contributed by atoms with Crippen LogP contribution in [0, 0.1) is 0 Å². The standard InChI is InChI=1S/C19H17ClN2O4/c1-11(18(23)22-16-9-12(20)7-8-17(16)25-2)26-19(24)14-10-21-15-6-4-3-5-13(14)15/h3-11,21H,1-2H3,(H,22,23)/t11-/m1/s1. The molecule has 0 aliphatic rings. The first-order chi connectivity index (χ1) is 12.5. The molecular formula is C19H17ClN2O4. The molecule has 2 aromatic carbocycles. The Morgan fingerprint density at radius 1 is 1.19 bits per heavy atom. The van der Waals surface area contributed by atoms with Gasteiger partial charge in [0.15, 0.2) is 6.10 Å². The fraction of sp³-hybridized carbons (Fsp3) is 0.158. The van der Waals surface area contributed by atoms with E-state index in [0.29, 0.717) is 22.0 Å². The summed E-state index contributed by atoms with van der Waals surface area (Å²) in [6, 6.07) is 12.2. The average molecular weight is 373 g/mol. The lowest BCUT2D eigenvalue weighted by Gasteiger charge is -2.15. The van der Waals surface area contributed by atoms with Crippen LogP contribution >= 0.6 is 11.6 Å². The summed E-state index contributed by atoms with van der Waals surface area (Å²) in [6.45, 7) is 1.50. The average Bonchev–Trinajstić information content (AvgIpc) is 3.06. The zero-order chi connectivity index (χ0) is 18.7. The number of benzene rings is 2. The van der Waals surface area contributed by atoms with Crippen molar-refractivity contribution in [2.45, 2.75) is 13.0 Å². The molecule has 26 heavy (non-hydrogen) atoms. The number of hydrogen-bond acceptors (Lipinski definition) is 4. The van der Waals surface area contributed by atoms with Crippen molar-refractivity contribution in [1.29, 1.82) is 0 Å². The van der Waals surface area contributed by atoms with Crippen molar-refractivity contribution < 1.29 is 19.1 Å². The number of rotatable bonds is 5. The van der Waals surface area contributed by atoms with Gasteiger partial charge in [0.05, 0.1) is 18.4 Å². The fourth-order valence-corrected chi connectivity index (χ4v) is 2.70. The van der Waals surface area contributed by atoms with Gasteiger partial charge in [-0.05, 0) is 31.2 Å². The molecular weight excluding hydrogens is 356 g/mol. The molecule has 0 radical (unpaired) electrons. The summed E-state index contributed by atoms with van der Waals surface area (Å²) in [6.07, 6.45) is 0.567. The quantitative estimate of drug-likeness (QED) is 0.663.